The van der Waals surface area contributed by atoms with Crippen LogP contribution in [0.15, 0.2) is 187 Å². The number of aromatic nitrogens is 2. The minimum absolute atomic E-state index is 0.781. The first-order valence-corrected chi connectivity index (χ1v) is 16.5. The Kier molecular flexibility index (Phi) is 7.14. The average Bonchev–Trinajstić information content (AvgIpc) is 3.66. The molecule has 3 nitrogen and oxygen atoms in total. The number of oxazole rings is 1. The van der Waals surface area contributed by atoms with E-state index < -0.39 is 0 Å². The second-order valence-corrected chi connectivity index (χ2v) is 12.2. The molecule has 0 N–H and O–H groups in total. The van der Waals surface area contributed by atoms with Gasteiger partial charge in [-0.2, -0.15) is 0 Å². The van der Waals surface area contributed by atoms with Gasteiger partial charge >= 0.3 is 0 Å². The van der Waals surface area contributed by atoms with Crippen LogP contribution < -0.4 is 0 Å². The summed E-state index contributed by atoms with van der Waals surface area (Å²) in [5.74, 6) is 0. The van der Waals surface area contributed by atoms with Crippen molar-refractivity contribution in [3.63, 3.8) is 0 Å². The van der Waals surface area contributed by atoms with Gasteiger partial charge in [-0.15, -0.1) is 0 Å². The van der Waals surface area contributed by atoms with Crippen molar-refractivity contribution in [1.82, 2.24) is 9.97 Å². The first-order chi connectivity index (χ1) is 24.3. The van der Waals surface area contributed by atoms with E-state index in [-0.39, 0.29) is 0 Å². The van der Waals surface area contributed by atoms with Crippen LogP contribution in [0.5, 0.6) is 0 Å². The standard InChI is InChI=1S/C46H30N2O/c1-3-14-32(15-4-1)42-28-35(29-43(48-42)33-16-5-2-6-17-33)37-19-10-12-22-40(37)46-38-20-8-7-13-31(38)23-25-41(46)39-21-11-9-18-36(39)34-24-26-45-44(27-34)47-30-49-45/h1-30H. The molecule has 49 heavy (non-hydrogen) atoms. The molecule has 0 spiro atoms. The second kappa shape index (κ2) is 12.2. The Balaban J connectivity index is 1.30. The number of nitrogens with zero attached hydrogens (tertiary/aromatic N) is 2. The lowest BCUT2D eigenvalue weighted by Gasteiger charge is -2.20. The first-order valence-electron chi connectivity index (χ1n) is 16.5. The smallest absolute Gasteiger partial charge is 0.181 e. The fraction of sp³-hybridized carbons (Fsp3) is 0. The van der Waals surface area contributed by atoms with Crippen LogP contribution in [0.2, 0.25) is 0 Å². The topological polar surface area (TPSA) is 38.9 Å². The number of benzene rings is 7. The Morgan fingerprint density at radius 2 is 0.980 bits per heavy atom. The molecule has 2 aromatic heterocycles. The molecule has 0 radical (unpaired) electrons. The lowest BCUT2D eigenvalue weighted by Crippen LogP contribution is -1.95. The van der Waals surface area contributed by atoms with Crippen molar-refractivity contribution in [1.29, 1.82) is 0 Å². The third-order valence-corrected chi connectivity index (χ3v) is 9.26. The summed E-state index contributed by atoms with van der Waals surface area (Å²) in [6.07, 6.45) is 1.50. The highest BCUT2D eigenvalue weighted by molar-refractivity contribution is 6.09. The van der Waals surface area contributed by atoms with Crippen molar-refractivity contribution in [2.24, 2.45) is 0 Å². The molecule has 2 heterocycles. The van der Waals surface area contributed by atoms with Gasteiger partial charge in [0, 0.05) is 11.1 Å². The van der Waals surface area contributed by atoms with Gasteiger partial charge in [-0.1, -0.05) is 152 Å². The highest BCUT2D eigenvalue weighted by Crippen LogP contribution is 2.45. The molecule has 7 aromatic carbocycles. The van der Waals surface area contributed by atoms with Gasteiger partial charge in [0.1, 0.15) is 5.52 Å². The monoisotopic (exact) mass is 626 g/mol. The summed E-state index contributed by atoms with van der Waals surface area (Å²) < 4.78 is 5.56. The Bertz CT molecular complexity index is 2550. The minimum atomic E-state index is 0.781. The molecule has 230 valence electrons. The summed E-state index contributed by atoms with van der Waals surface area (Å²) in [6.45, 7) is 0. The summed E-state index contributed by atoms with van der Waals surface area (Å²) in [7, 11) is 0. The van der Waals surface area contributed by atoms with Crippen molar-refractivity contribution < 1.29 is 4.42 Å². The molecule has 0 amide bonds. The molecule has 0 unspecified atom stereocenters. The maximum atomic E-state index is 5.56. The van der Waals surface area contributed by atoms with Gasteiger partial charge in [-0.3, -0.25) is 0 Å². The summed E-state index contributed by atoms with van der Waals surface area (Å²) >= 11 is 0. The van der Waals surface area contributed by atoms with Crippen LogP contribution in [-0.2, 0) is 0 Å². The van der Waals surface area contributed by atoms with Gasteiger partial charge < -0.3 is 4.42 Å². The molecular weight excluding hydrogens is 597 g/mol. The van der Waals surface area contributed by atoms with Crippen molar-refractivity contribution in [3.05, 3.63) is 182 Å². The van der Waals surface area contributed by atoms with Crippen molar-refractivity contribution in [3.8, 4) is 67.0 Å². The van der Waals surface area contributed by atoms with Gasteiger partial charge in [-0.05, 0) is 79.5 Å². The van der Waals surface area contributed by atoms with Gasteiger partial charge in [0.25, 0.3) is 0 Å². The van der Waals surface area contributed by atoms with E-state index in [0.717, 1.165) is 61.4 Å². The van der Waals surface area contributed by atoms with E-state index in [2.05, 4.69) is 163 Å². The number of fused-ring (bicyclic) bond motifs is 2. The minimum Gasteiger partial charge on any atom is -0.443 e. The maximum Gasteiger partial charge on any atom is 0.181 e. The van der Waals surface area contributed by atoms with Crippen LogP contribution in [0.1, 0.15) is 0 Å². The molecular formula is C46H30N2O. The number of pyridine rings is 1. The average molecular weight is 627 g/mol. The van der Waals surface area contributed by atoms with Gasteiger partial charge in [0.15, 0.2) is 12.0 Å². The lowest BCUT2D eigenvalue weighted by molar-refractivity contribution is 0.602. The number of hydrogen-bond donors (Lipinski definition) is 0. The van der Waals surface area contributed by atoms with E-state index in [4.69, 9.17) is 9.40 Å². The Labute approximate surface area is 284 Å². The number of rotatable bonds is 6. The van der Waals surface area contributed by atoms with Crippen molar-refractivity contribution >= 4 is 21.9 Å². The molecule has 0 bridgehead atoms. The van der Waals surface area contributed by atoms with Gasteiger partial charge in [0.05, 0.1) is 11.4 Å². The third-order valence-electron chi connectivity index (χ3n) is 9.26. The Hall–Kier alpha value is -6.58. The molecule has 0 aliphatic heterocycles. The summed E-state index contributed by atoms with van der Waals surface area (Å²) in [6, 6.07) is 62.2. The van der Waals surface area contributed by atoms with Crippen LogP contribution in [-0.4, -0.2) is 9.97 Å². The SMILES string of the molecule is c1ccc(-c2cc(-c3ccccc3-c3c(-c4ccccc4-c4ccc5ocnc5c4)ccc4ccccc34)cc(-c3ccccc3)n2)cc1. The Morgan fingerprint density at radius 1 is 0.388 bits per heavy atom. The van der Waals surface area contributed by atoms with E-state index in [1.807, 2.05) is 18.2 Å². The quantitative estimate of drug-likeness (QED) is 0.184. The van der Waals surface area contributed by atoms with Crippen LogP contribution in [0.3, 0.4) is 0 Å². The van der Waals surface area contributed by atoms with Crippen LogP contribution in [0, 0.1) is 0 Å². The molecule has 9 aromatic rings. The molecule has 9 rings (SSSR count). The van der Waals surface area contributed by atoms with E-state index in [1.165, 1.54) is 33.9 Å². The fourth-order valence-corrected chi connectivity index (χ4v) is 6.93. The van der Waals surface area contributed by atoms with Crippen LogP contribution in [0.25, 0.3) is 88.9 Å². The molecule has 0 aliphatic rings. The highest BCUT2D eigenvalue weighted by atomic mass is 16.3. The van der Waals surface area contributed by atoms with E-state index in [0.29, 0.717) is 0 Å². The molecule has 0 fully saturated rings. The van der Waals surface area contributed by atoms with Gasteiger partial charge in [0.2, 0.25) is 0 Å². The summed E-state index contributed by atoms with van der Waals surface area (Å²) in [5.41, 5.74) is 14.9. The zero-order valence-corrected chi connectivity index (χ0v) is 26.6. The van der Waals surface area contributed by atoms with E-state index in [9.17, 15) is 0 Å². The van der Waals surface area contributed by atoms with E-state index in [1.54, 1.807) is 0 Å². The fourth-order valence-electron chi connectivity index (χ4n) is 6.93. The van der Waals surface area contributed by atoms with Crippen molar-refractivity contribution in [2.45, 2.75) is 0 Å². The molecule has 0 saturated heterocycles. The first kappa shape index (κ1) is 28.6. The zero-order chi connectivity index (χ0) is 32.6. The molecule has 3 heteroatoms. The largest absolute Gasteiger partial charge is 0.443 e. The molecule has 0 atom stereocenters. The normalized spacial score (nSPS) is 11.3. The predicted molar refractivity (Wildman–Crippen MR) is 202 cm³/mol. The summed E-state index contributed by atoms with van der Waals surface area (Å²) in [4.78, 5) is 9.61. The molecule has 0 aliphatic carbocycles. The van der Waals surface area contributed by atoms with Gasteiger partial charge in [-0.25, -0.2) is 9.97 Å². The van der Waals surface area contributed by atoms with Crippen molar-refractivity contribution in [2.75, 3.05) is 0 Å². The van der Waals surface area contributed by atoms with E-state index >= 15 is 0 Å². The highest BCUT2D eigenvalue weighted by Gasteiger charge is 2.19. The molecule has 0 saturated carbocycles. The van der Waals surface area contributed by atoms with Crippen LogP contribution in [0.4, 0.5) is 0 Å². The zero-order valence-electron chi connectivity index (χ0n) is 26.6. The second-order valence-electron chi connectivity index (χ2n) is 12.2. The van der Waals surface area contributed by atoms with Crippen LogP contribution >= 0.6 is 0 Å². The summed E-state index contributed by atoms with van der Waals surface area (Å²) in [5, 5.41) is 2.40. The number of hydrogen-bond acceptors (Lipinski definition) is 3. The lowest BCUT2D eigenvalue weighted by atomic mass is 9.84. The maximum absolute atomic E-state index is 5.56. The third kappa shape index (κ3) is 5.28. The Morgan fingerprint density at radius 3 is 1.69 bits per heavy atom. The predicted octanol–water partition coefficient (Wildman–Crippen LogP) is 12.4.